The number of benzene rings is 1. The van der Waals surface area contributed by atoms with E-state index in [-0.39, 0.29) is 12.3 Å². The molecule has 214 valence electrons. The fraction of sp³-hybridized carbons (Fsp3) is 0.567. The number of anilines is 1. The van der Waals surface area contributed by atoms with E-state index in [0.29, 0.717) is 19.6 Å². The number of halogens is 1. The number of aryl methyl sites for hydroxylation is 2. The van der Waals surface area contributed by atoms with E-state index < -0.39 is 30.2 Å². The van der Waals surface area contributed by atoms with Crippen LogP contribution in [-0.2, 0) is 32.6 Å². The van der Waals surface area contributed by atoms with Crippen molar-refractivity contribution in [2.45, 2.75) is 69.9 Å². The van der Waals surface area contributed by atoms with Crippen LogP contribution in [0.1, 0.15) is 56.4 Å². The number of aromatic nitrogens is 1. The van der Waals surface area contributed by atoms with E-state index >= 15 is 0 Å². The summed E-state index contributed by atoms with van der Waals surface area (Å²) in [4.78, 5) is 31.9. The minimum Gasteiger partial charge on any atom is -0.480 e. The van der Waals surface area contributed by atoms with Gasteiger partial charge in [-0.15, -0.1) is 0 Å². The predicted octanol–water partition coefficient (Wildman–Crippen LogP) is 3.99. The van der Waals surface area contributed by atoms with Crippen molar-refractivity contribution < 1.29 is 23.8 Å². The van der Waals surface area contributed by atoms with Crippen LogP contribution in [0.15, 0.2) is 42.5 Å². The van der Waals surface area contributed by atoms with E-state index in [9.17, 15) is 19.1 Å². The second-order valence-corrected chi connectivity index (χ2v) is 10.8. The predicted molar refractivity (Wildman–Crippen MR) is 151 cm³/mol. The minimum absolute atomic E-state index is 0.201. The SMILES string of the molecule is COC(CF)CN(CCCCc1ccc2c(n1)NCCC2)CCC(NC(=O)C(C)(C)c1ccccc1)C(=O)O. The maximum Gasteiger partial charge on any atom is 0.326 e. The van der Waals surface area contributed by atoms with Gasteiger partial charge in [-0.25, -0.2) is 14.2 Å². The molecule has 0 bridgehead atoms. The van der Waals surface area contributed by atoms with Gasteiger partial charge < -0.3 is 25.4 Å². The van der Waals surface area contributed by atoms with Crippen LogP contribution in [-0.4, -0.2) is 79.0 Å². The maximum atomic E-state index is 13.4. The van der Waals surface area contributed by atoms with Crippen molar-refractivity contribution in [2.75, 3.05) is 45.3 Å². The second-order valence-electron chi connectivity index (χ2n) is 10.8. The van der Waals surface area contributed by atoms with Gasteiger partial charge in [-0.3, -0.25) is 4.79 Å². The number of nitrogens with one attached hydrogen (secondary N) is 2. The van der Waals surface area contributed by atoms with Gasteiger partial charge in [0.25, 0.3) is 0 Å². The number of carboxylic acids is 1. The van der Waals surface area contributed by atoms with Crippen LogP contribution in [0.4, 0.5) is 10.2 Å². The number of aliphatic carboxylic acids is 1. The Labute approximate surface area is 231 Å². The van der Waals surface area contributed by atoms with E-state index in [2.05, 4.69) is 22.8 Å². The number of nitrogens with zero attached hydrogens (tertiary/aromatic N) is 2. The van der Waals surface area contributed by atoms with Crippen molar-refractivity contribution in [3.8, 4) is 0 Å². The quantitative estimate of drug-likeness (QED) is 0.276. The van der Waals surface area contributed by atoms with Gasteiger partial charge in [-0.2, -0.15) is 0 Å². The first-order valence-electron chi connectivity index (χ1n) is 13.9. The summed E-state index contributed by atoms with van der Waals surface area (Å²) in [5.74, 6) is -0.449. The van der Waals surface area contributed by atoms with E-state index in [0.717, 1.165) is 55.7 Å². The lowest BCUT2D eigenvalue weighted by Gasteiger charge is -2.29. The number of unbranched alkanes of at least 4 members (excludes halogenated alkanes) is 1. The number of pyridine rings is 1. The molecule has 0 aliphatic carbocycles. The first kappa shape index (κ1) is 30.5. The molecule has 3 N–H and O–H groups in total. The fourth-order valence-electron chi connectivity index (χ4n) is 4.81. The molecule has 1 aromatic carbocycles. The van der Waals surface area contributed by atoms with Crippen LogP contribution in [0.5, 0.6) is 0 Å². The molecule has 2 heterocycles. The number of carbonyl (C=O) groups excluding carboxylic acids is 1. The Morgan fingerprint density at radius 3 is 2.64 bits per heavy atom. The van der Waals surface area contributed by atoms with Gasteiger partial charge in [0, 0.05) is 32.4 Å². The number of fused-ring (bicyclic) bond motifs is 1. The van der Waals surface area contributed by atoms with Crippen LogP contribution in [0.25, 0.3) is 0 Å². The zero-order valence-electron chi connectivity index (χ0n) is 23.4. The zero-order valence-corrected chi connectivity index (χ0v) is 23.4. The summed E-state index contributed by atoms with van der Waals surface area (Å²) < 4.78 is 18.7. The number of amides is 1. The topological polar surface area (TPSA) is 104 Å². The summed E-state index contributed by atoms with van der Waals surface area (Å²) in [6.45, 7) is 5.30. The normalized spacial score (nSPS) is 14.8. The summed E-state index contributed by atoms with van der Waals surface area (Å²) in [6.07, 6.45) is 4.38. The lowest BCUT2D eigenvalue weighted by atomic mass is 9.83. The third-order valence-electron chi connectivity index (χ3n) is 7.48. The van der Waals surface area contributed by atoms with Crippen LogP contribution in [0.3, 0.4) is 0 Å². The molecule has 1 aliphatic rings. The van der Waals surface area contributed by atoms with Crippen LogP contribution in [0, 0.1) is 0 Å². The molecule has 2 aromatic rings. The lowest BCUT2D eigenvalue weighted by molar-refractivity contribution is -0.143. The standard InChI is InChI=1S/C30H43FN4O4/c1-30(2,23-11-5-4-6-12-23)29(38)34-26(28(36)37)16-19-35(21-25(20-31)39-3)18-8-7-13-24-15-14-22-10-9-17-32-27(22)33-24/h4-6,11-12,14-15,25-26H,7-10,13,16-21H2,1-3H3,(H,32,33)(H,34,38)(H,36,37). The number of methoxy groups -OCH3 is 1. The zero-order chi connectivity index (χ0) is 28.3. The number of hydrogen-bond donors (Lipinski definition) is 3. The number of rotatable bonds is 16. The van der Waals surface area contributed by atoms with E-state index in [4.69, 9.17) is 9.72 Å². The van der Waals surface area contributed by atoms with Gasteiger partial charge in [0.05, 0.1) is 11.5 Å². The Hall–Kier alpha value is -3.04. The van der Waals surface area contributed by atoms with Crippen LogP contribution in [0.2, 0.25) is 0 Å². The molecule has 0 spiro atoms. The molecular formula is C30H43FN4O4. The summed E-state index contributed by atoms with van der Waals surface area (Å²) in [7, 11) is 1.48. The first-order valence-corrected chi connectivity index (χ1v) is 13.9. The molecule has 2 unspecified atom stereocenters. The number of alkyl halides is 1. The summed E-state index contributed by atoms with van der Waals surface area (Å²) >= 11 is 0. The lowest BCUT2D eigenvalue weighted by Crippen LogP contribution is -2.49. The third kappa shape index (κ3) is 9.00. The Kier molecular flexibility index (Phi) is 11.7. The summed E-state index contributed by atoms with van der Waals surface area (Å²) in [5, 5.41) is 15.9. The summed E-state index contributed by atoms with van der Waals surface area (Å²) in [5.41, 5.74) is 2.23. The average molecular weight is 543 g/mol. The van der Waals surface area contributed by atoms with Crippen molar-refractivity contribution in [3.05, 3.63) is 59.3 Å². The molecule has 2 atom stereocenters. The van der Waals surface area contributed by atoms with Crippen molar-refractivity contribution in [2.24, 2.45) is 0 Å². The van der Waals surface area contributed by atoms with Gasteiger partial charge in [-0.05, 0) is 76.1 Å². The van der Waals surface area contributed by atoms with Gasteiger partial charge in [0.2, 0.25) is 5.91 Å². The highest BCUT2D eigenvalue weighted by molar-refractivity contribution is 5.90. The Balaban J connectivity index is 1.55. The first-order chi connectivity index (χ1) is 18.7. The van der Waals surface area contributed by atoms with Gasteiger partial charge in [0.1, 0.15) is 18.5 Å². The van der Waals surface area contributed by atoms with E-state index in [1.807, 2.05) is 35.2 Å². The fourth-order valence-corrected chi connectivity index (χ4v) is 4.81. The average Bonchev–Trinajstić information content (AvgIpc) is 2.95. The van der Waals surface area contributed by atoms with Crippen molar-refractivity contribution in [1.82, 2.24) is 15.2 Å². The molecule has 8 nitrogen and oxygen atoms in total. The number of carboxylic acid groups (broad SMARTS) is 1. The van der Waals surface area contributed by atoms with Crippen molar-refractivity contribution in [1.29, 1.82) is 0 Å². The monoisotopic (exact) mass is 542 g/mol. The second kappa shape index (κ2) is 14.9. The van der Waals surface area contributed by atoms with Crippen molar-refractivity contribution in [3.63, 3.8) is 0 Å². The Bertz CT molecular complexity index is 1060. The van der Waals surface area contributed by atoms with Crippen LogP contribution >= 0.6 is 0 Å². The van der Waals surface area contributed by atoms with Gasteiger partial charge in [-0.1, -0.05) is 36.4 Å². The van der Waals surface area contributed by atoms with E-state index in [1.54, 1.807) is 13.8 Å². The molecule has 39 heavy (non-hydrogen) atoms. The molecule has 1 amide bonds. The van der Waals surface area contributed by atoms with Gasteiger partial charge >= 0.3 is 5.97 Å². The molecule has 0 saturated carbocycles. The van der Waals surface area contributed by atoms with Gasteiger partial charge in [0.15, 0.2) is 0 Å². The molecule has 0 saturated heterocycles. The van der Waals surface area contributed by atoms with Crippen LogP contribution < -0.4 is 10.6 Å². The molecule has 0 fully saturated rings. The highest BCUT2D eigenvalue weighted by atomic mass is 19.1. The molecule has 9 heteroatoms. The summed E-state index contributed by atoms with van der Waals surface area (Å²) in [6, 6.07) is 12.5. The largest absolute Gasteiger partial charge is 0.480 e. The van der Waals surface area contributed by atoms with Crippen molar-refractivity contribution >= 4 is 17.7 Å². The Morgan fingerprint density at radius 1 is 1.18 bits per heavy atom. The third-order valence-corrected chi connectivity index (χ3v) is 7.48. The molecule has 1 aromatic heterocycles. The smallest absolute Gasteiger partial charge is 0.326 e. The number of hydrogen-bond acceptors (Lipinski definition) is 6. The minimum atomic E-state index is -1.09. The Morgan fingerprint density at radius 2 is 1.95 bits per heavy atom. The number of carbonyl (C=O) groups is 2. The maximum absolute atomic E-state index is 13.4. The van der Waals surface area contributed by atoms with E-state index in [1.165, 1.54) is 12.7 Å². The molecule has 3 rings (SSSR count). The molecular weight excluding hydrogens is 499 g/mol. The highest BCUT2D eigenvalue weighted by Crippen LogP contribution is 2.23. The highest BCUT2D eigenvalue weighted by Gasteiger charge is 2.33. The molecule has 0 radical (unpaired) electrons. The molecule has 1 aliphatic heterocycles. The number of ether oxygens (including phenoxy) is 1.